The molecule has 0 bridgehead atoms. The molecule has 4 heteroatoms. The molecule has 124 valence electrons. The molecule has 4 nitrogen and oxygen atoms in total. The van der Waals surface area contributed by atoms with Gasteiger partial charge in [-0.25, -0.2) is 9.98 Å². The first kappa shape index (κ1) is 16.0. The van der Waals surface area contributed by atoms with E-state index in [1.165, 1.54) is 0 Å². The van der Waals surface area contributed by atoms with E-state index in [-0.39, 0.29) is 12.1 Å². The van der Waals surface area contributed by atoms with Crippen LogP contribution in [0.25, 0.3) is 0 Å². The monoisotopic (exact) mass is 314 g/mol. The van der Waals surface area contributed by atoms with Crippen LogP contribution in [0.3, 0.4) is 0 Å². The molecular formula is C19H26N2O2. The standard InChI is InChI=1S/C19H26N2O2/c1-11(2)16-9-22-18(20-16)14-6-13(5)7-15(8-14)19-21-17(10-23-19)12(3)4/h6-8,11-12,16-17H,9-10H2,1-5H3. The van der Waals surface area contributed by atoms with Crippen molar-refractivity contribution in [1.82, 2.24) is 0 Å². The Bertz CT molecular complexity index is 595. The lowest BCUT2D eigenvalue weighted by molar-refractivity contribution is 0.291. The van der Waals surface area contributed by atoms with Gasteiger partial charge in [0.25, 0.3) is 0 Å². The molecule has 2 atom stereocenters. The van der Waals surface area contributed by atoms with Gasteiger partial charge in [-0.05, 0) is 42.5 Å². The normalized spacial score (nSPS) is 23.8. The lowest BCUT2D eigenvalue weighted by Gasteiger charge is -2.07. The fraction of sp³-hybridized carbons (Fsp3) is 0.579. The van der Waals surface area contributed by atoms with Crippen LogP contribution in [0.1, 0.15) is 44.4 Å². The van der Waals surface area contributed by atoms with Crippen molar-refractivity contribution in [2.75, 3.05) is 13.2 Å². The van der Waals surface area contributed by atoms with Crippen LogP contribution in [0.2, 0.25) is 0 Å². The molecular weight excluding hydrogens is 288 g/mol. The predicted octanol–water partition coefficient (Wildman–Crippen LogP) is 3.60. The Morgan fingerprint density at radius 3 is 1.61 bits per heavy atom. The van der Waals surface area contributed by atoms with Gasteiger partial charge in [0.15, 0.2) is 0 Å². The maximum Gasteiger partial charge on any atom is 0.216 e. The summed E-state index contributed by atoms with van der Waals surface area (Å²) in [7, 11) is 0. The minimum atomic E-state index is 0.249. The van der Waals surface area contributed by atoms with E-state index in [0.717, 1.165) is 28.5 Å². The van der Waals surface area contributed by atoms with Crippen molar-refractivity contribution in [3.8, 4) is 0 Å². The third-order valence-corrected chi connectivity index (χ3v) is 4.46. The van der Waals surface area contributed by atoms with Gasteiger partial charge in [0, 0.05) is 11.1 Å². The molecule has 2 heterocycles. The van der Waals surface area contributed by atoms with Crippen LogP contribution in [0.5, 0.6) is 0 Å². The second-order valence-corrected chi connectivity index (χ2v) is 7.20. The van der Waals surface area contributed by atoms with Crippen LogP contribution in [0.4, 0.5) is 0 Å². The van der Waals surface area contributed by atoms with E-state index in [1.54, 1.807) is 0 Å². The highest BCUT2D eigenvalue weighted by molar-refractivity contribution is 6.00. The molecule has 2 unspecified atom stereocenters. The fourth-order valence-electron chi connectivity index (χ4n) is 2.81. The number of aryl methyl sites for hydroxylation is 1. The van der Waals surface area contributed by atoms with Gasteiger partial charge in [0.1, 0.15) is 13.2 Å². The van der Waals surface area contributed by atoms with Crippen LogP contribution in [0, 0.1) is 18.8 Å². The zero-order valence-electron chi connectivity index (χ0n) is 14.7. The maximum atomic E-state index is 5.81. The number of ether oxygens (including phenoxy) is 2. The third-order valence-electron chi connectivity index (χ3n) is 4.46. The molecule has 0 aromatic heterocycles. The molecule has 0 N–H and O–H groups in total. The van der Waals surface area contributed by atoms with Gasteiger partial charge in [-0.2, -0.15) is 0 Å². The molecule has 0 saturated heterocycles. The van der Waals surface area contributed by atoms with Gasteiger partial charge in [-0.3, -0.25) is 0 Å². The lowest BCUT2D eigenvalue weighted by Crippen LogP contribution is -2.13. The van der Waals surface area contributed by atoms with Crippen LogP contribution in [-0.2, 0) is 9.47 Å². The number of nitrogens with zero attached hydrogens (tertiary/aromatic N) is 2. The van der Waals surface area contributed by atoms with Crippen LogP contribution in [-0.4, -0.2) is 37.1 Å². The molecule has 0 spiro atoms. The van der Waals surface area contributed by atoms with E-state index in [4.69, 9.17) is 19.5 Å². The van der Waals surface area contributed by atoms with Gasteiger partial charge in [-0.1, -0.05) is 27.7 Å². The Kier molecular flexibility index (Phi) is 4.42. The largest absolute Gasteiger partial charge is 0.475 e. The first-order chi connectivity index (χ1) is 10.9. The van der Waals surface area contributed by atoms with Crippen molar-refractivity contribution in [2.45, 2.75) is 46.7 Å². The highest BCUT2D eigenvalue weighted by Gasteiger charge is 2.26. The summed E-state index contributed by atoms with van der Waals surface area (Å²) < 4.78 is 11.6. The zero-order chi connectivity index (χ0) is 16.6. The molecule has 1 aromatic carbocycles. The summed E-state index contributed by atoms with van der Waals surface area (Å²) in [5, 5.41) is 0. The highest BCUT2D eigenvalue weighted by atomic mass is 16.5. The quantitative estimate of drug-likeness (QED) is 0.852. The Morgan fingerprint density at radius 2 is 1.26 bits per heavy atom. The van der Waals surface area contributed by atoms with Crippen molar-refractivity contribution in [2.24, 2.45) is 21.8 Å². The Hall–Kier alpha value is -1.84. The first-order valence-electron chi connectivity index (χ1n) is 8.47. The summed E-state index contributed by atoms with van der Waals surface area (Å²) in [5.41, 5.74) is 3.20. The summed E-state index contributed by atoms with van der Waals surface area (Å²) in [6, 6.07) is 6.80. The smallest absolute Gasteiger partial charge is 0.216 e. The highest BCUT2D eigenvalue weighted by Crippen LogP contribution is 2.22. The molecule has 23 heavy (non-hydrogen) atoms. The van der Waals surface area contributed by atoms with Gasteiger partial charge < -0.3 is 9.47 Å². The van der Waals surface area contributed by atoms with E-state index < -0.39 is 0 Å². The van der Waals surface area contributed by atoms with Crippen LogP contribution >= 0.6 is 0 Å². The summed E-state index contributed by atoms with van der Waals surface area (Å²) in [4.78, 5) is 9.45. The van der Waals surface area contributed by atoms with Gasteiger partial charge >= 0.3 is 0 Å². The Morgan fingerprint density at radius 1 is 0.826 bits per heavy atom. The van der Waals surface area contributed by atoms with Crippen LogP contribution < -0.4 is 0 Å². The van der Waals surface area contributed by atoms with Gasteiger partial charge in [0.2, 0.25) is 11.8 Å². The fourth-order valence-corrected chi connectivity index (χ4v) is 2.81. The average Bonchev–Trinajstić information content (AvgIpc) is 3.16. The van der Waals surface area contributed by atoms with Crippen molar-refractivity contribution in [3.63, 3.8) is 0 Å². The number of rotatable bonds is 4. The second-order valence-electron chi connectivity index (χ2n) is 7.20. The first-order valence-corrected chi connectivity index (χ1v) is 8.47. The average molecular weight is 314 g/mol. The van der Waals surface area contributed by atoms with E-state index in [0.29, 0.717) is 25.0 Å². The molecule has 3 rings (SSSR count). The molecule has 0 radical (unpaired) electrons. The van der Waals surface area contributed by atoms with Crippen molar-refractivity contribution >= 4 is 11.8 Å². The molecule has 0 amide bonds. The maximum absolute atomic E-state index is 5.81. The van der Waals surface area contributed by atoms with Crippen molar-refractivity contribution in [1.29, 1.82) is 0 Å². The molecule has 0 aliphatic carbocycles. The van der Waals surface area contributed by atoms with Crippen LogP contribution in [0.15, 0.2) is 28.2 Å². The molecule has 1 aromatic rings. The number of aliphatic imine (C=N–C) groups is 2. The summed E-state index contributed by atoms with van der Waals surface area (Å²) in [6.45, 7) is 12.1. The second kappa shape index (κ2) is 6.34. The summed E-state index contributed by atoms with van der Waals surface area (Å²) in [5.74, 6) is 2.47. The van der Waals surface area contributed by atoms with E-state index >= 15 is 0 Å². The minimum absolute atomic E-state index is 0.249. The minimum Gasteiger partial charge on any atom is -0.475 e. The van der Waals surface area contributed by atoms with Gasteiger partial charge in [0.05, 0.1) is 12.1 Å². The number of hydrogen-bond acceptors (Lipinski definition) is 4. The Labute approximate surface area is 138 Å². The van der Waals surface area contributed by atoms with E-state index in [2.05, 4.69) is 52.8 Å². The lowest BCUT2D eigenvalue weighted by atomic mass is 10.1. The van der Waals surface area contributed by atoms with Crippen molar-refractivity contribution in [3.05, 3.63) is 34.9 Å². The summed E-state index contributed by atoms with van der Waals surface area (Å²) in [6.07, 6.45) is 0. The Balaban J connectivity index is 1.89. The van der Waals surface area contributed by atoms with E-state index in [1.807, 2.05) is 0 Å². The number of benzene rings is 1. The van der Waals surface area contributed by atoms with Gasteiger partial charge in [-0.15, -0.1) is 0 Å². The third kappa shape index (κ3) is 3.41. The molecule has 2 aliphatic heterocycles. The SMILES string of the molecule is Cc1cc(C2=NC(C(C)C)CO2)cc(C2=NC(C(C)C)CO2)c1. The summed E-state index contributed by atoms with van der Waals surface area (Å²) >= 11 is 0. The molecule has 0 fully saturated rings. The zero-order valence-corrected chi connectivity index (χ0v) is 14.7. The molecule has 0 saturated carbocycles. The van der Waals surface area contributed by atoms with E-state index in [9.17, 15) is 0 Å². The number of hydrogen-bond donors (Lipinski definition) is 0. The predicted molar refractivity (Wildman–Crippen MR) is 93.4 cm³/mol. The topological polar surface area (TPSA) is 43.2 Å². The molecule has 2 aliphatic rings. The van der Waals surface area contributed by atoms with Crippen molar-refractivity contribution < 1.29 is 9.47 Å².